The summed E-state index contributed by atoms with van der Waals surface area (Å²) >= 11 is 0. The van der Waals surface area contributed by atoms with E-state index in [1.54, 1.807) is 6.33 Å². The largest absolute Gasteiger partial charge is 0.356 e. The number of piperidine rings is 1. The van der Waals surface area contributed by atoms with E-state index >= 15 is 0 Å². The van der Waals surface area contributed by atoms with Gasteiger partial charge in [-0.3, -0.25) is 4.90 Å². The van der Waals surface area contributed by atoms with Crippen LogP contribution in [0.2, 0.25) is 0 Å². The average Bonchev–Trinajstić information content (AvgIpc) is 2.88. The molecule has 0 radical (unpaired) electrons. The molecule has 0 atom stereocenters. The highest BCUT2D eigenvalue weighted by molar-refractivity contribution is 5.39. The number of hydrogen-bond donors (Lipinski definition) is 0. The molecule has 4 heterocycles. The molecule has 0 spiro atoms. The van der Waals surface area contributed by atoms with Gasteiger partial charge >= 0.3 is 0 Å². The first-order chi connectivity index (χ1) is 12.7. The Bertz CT molecular complexity index is 733. The minimum Gasteiger partial charge on any atom is -0.356 e. The van der Waals surface area contributed by atoms with Crippen LogP contribution in [0.15, 0.2) is 12.4 Å². The van der Waals surface area contributed by atoms with Crippen molar-refractivity contribution in [1.82, 2.24) is 29.6 Å². The summed E-state index contributed by atoms with van der Waals surface area (Å²) in [7, 11) is 2.15. The van der Waals surface area contributed by atoms with Crippen LogP contribution in [0.4, 0.5) is 5.82 Å². The molecule has 1 saturated heterocycles. The highest BCUT2D eigenvalue weighted by Gasteiger charge is 2.25. The van der Waals surface area contributed by atoms with Gasteiger partial charge in [-0.2, -0.15) is 0 Å². The van der Waals surface area contributed by atoms with Gasteiger partial charge in [0.25, 0.3) is 0 Å². The van der Waals surface area contributed by atoms with Crippen LogP contribution < -0.4 is 4.90 Å². The molecule has 2 aromatic rings. The predicted molar refractivity (Wildman–Crippen MR) is 101 cm³/mol. The molecule has 2 aliphatic rings. The Labute approximate surface area is 155 Å². The molecule has 0 bridgehead atoms. The van der Waals surface area contributed by atoms with Gasteiger partial charge in [0.1, 0.15) is 23.8 Å². The lowest BCUT2D eigenvalue weighted by Crippen LogP contribution is -2.43. The molecule has 0 aromatic carbocycles. The van der Waals surface area contributed by atoms with Crippen molar-refractivity contribution in [2.24, 2.45) is 0 Å². The van der Waals surface area contributed by atoms with Crippen molar-refractivity contribution in [2.45, 2.75) is 64.6 Å². The van der Waals surface area contributed by atoms with E-state index in [9.17, 15) is 0 Å². The van der Waals surface area contributed by atoms with Crippen LogP contribution in [0.1, 0.15) is 49.4 Å². The smallest absolute Gasteiger partial charge is 0.147 e. The van der Waals surface area contributed by atoms with Crippen molar-refractivity contribution in [3.05, 3.63) is 29.7 Å². The summed E-state index contributed by atoms with van der Waals surface area (Å²) in [4.78, 5) is 13.5. The molecule has 0 amide bonds. The zero-order valence-electron chi connectivity index (χ0n) is 15.9. The molecule has 4 rings (SSSR count). The summed E-state index contributed by atoms with van der Waals surface area (Å²) in [5.41, 5.74) is 1.02. The zero-order chi connectivity index (χ0) is 17.9. The van der Waals surface area contributed by atoms with Gasteiger partial charge in [0.2, 0.25) is 0 Å². The second-order valence-electron chi connectivity index (χ2n) is 7.63. The SMILES string of the molecule is Cc1cc(N(C)C2CCN(Cc3nnc4n3CCCCC4)CC2)ncn1. The Hall–Kier alpha value is -2.02. The Morgan fingerprint density at radius 2 is 1.92 bits per heavy atom. The topological polar surface area (TPSA) is 63.0 Å². The van der Waals surface area contributed by atoms with E-state index < -0.39 is 0 Å². The van der Waals surface area contributed by atoms with Gasteiger partial charge in [-0.1, -0.05) is 6.42 Å². The van der Waals surface area contributed by atoms with Crippen LogP contribution in [-0.2, 0) is 19.5 Å². The fourth-order valence-electron chi connectivity index (χ4n) is 4.15. The van der Waals surface area contributed by atoms with Crippen LogP contribution in [0.5, 0.6) is 0 Å². The van der Waals surface area contributed by atoms with E-state index in [-0.39, 0.29) is 0 Å². The molecule has 7 heteroatoms. The van der Waals surface area contributed by atoms with E-state index in [2.05, 4.69) is 47.6 Å². The van der Waals surface area contributed by atoms with Crippen LogP contribution in [0.3, 0.4) is 0 Å². The van der Waals surface area contributed by atoms with Gasteiger partial charge in [0.15, 0.2) is 0 Å². The molecule has 7 nitrogen and oxygen atoms in total. The van der Waals surface area contributed by atoms with Crippen molar-refractivity contribution >= 4 is 5.82 Å². The zero-order valence-corrected chi connectivity index (χ0v) is 15.9. The minimum absolute atomic E-state index is 0.538. The molecule has 1 fully saturated rings. The van der Waals surface area contributed by atoms with Crippen LogP contribution in [0.25, 0.3) is 0 Å². The van der Waals surface area contributed by atoms with Gasteiger partial charge in [0, 0.05) is 50.9 Å². The lowest BCUT2D eigenvalue weighted by molar-refractivity contribution is 0.196. The number of anilines is 1. The molecule has 2 aromatic heterocycles. The van der Waals surface area contributed by atoms with Crippen LogP contribution in [0, 0.1) is 6.92 Å². The maximum absolute atomic E-state index is 4.49. The van der Waals surface area contributed by atoms with E-state index in [0.29, 0.717) is 6.04 Å². The first-order valence-electron chi connectivity index (χ1n) is 9.85. The Kier molecular flexibility index (Phi) is 5.15. The maximum Gasteiger partial charge on any atom is 0.147 e. The predicted octanol–water partition coefficient (Wildman–Crippen LogP) is 2.20. The molecule has 0 aliphatic carbocycles. The summed E-state index contributed by atoms with van der Waals surface area (Å²) in [5.74, 6) is 3.37. The van der Waals surface area contributed by atoms with Crippen molar-refractivity contribution in [3.8, 4) is 0 Å². The third-order valence-electron chi connectivity index (χ3n) is 5.81. The van der Waals surface area contributed by atoms with Gasteiger partial charge in [-0.05, 0) is 32.6 Å². The van der Waals surface area contributed by atoms with E-state index in [0.717, 1.165) is 62.8 Å². The number of rotatable bonds is 4. The molecule has 2 aliphatic heterocycles. The first-order valence-corrected chi connectivity index (χ1v) is 9.85. The number of aryl methyl sites for hydroxylation is 2. The standard InChI is InChI=1S/C19H29N7/c1-15-12-18(21-14-20-15)24(2)16-7-10-25(11-8-16)13-19-23-22-17-6-4-3-5-9-26(17)19/h12,14,16H,3-11,13H2,1-2H3. The second kappa shape index (κ2) is 7.70. The maximum atomic E-state index is 4.49. The molecule has 0 N–H and O–H groups in total. The Morgan fingerprint density at radius 3 is 2.73 bits per heavy atom. The van der Waals surface area contributed by atoms with Gasteiger partial charge < -0.3 is 9.47 Å². The molecule has 0 saturated carbocycles. The van der Waals surface area contributed by atoms with Crippen molar-refractivity contribution in [1.29, 1.82) is 0 Å². The fourth-order valence-corrected chi connectivity index (χ4v) is 4.15. The lowest BCUT2D eigenvalue weighted by atomic mass is 10.0. The normalized spacial score (nSPS) is 19.2. The Balaban J connectivity index is 1.35. The molecular weight excluding hydrogens is 326 g/mol. The van der Waals surface area contributed by atoms with Gasteiger partial charge in [-0.15, -0.1) is 10.2 Å². The summed E-state index contributed by atoms with van der Waals surface area (Å²) in [5, 5.41) is 8.93. The average molecular weight is 355 g/mol. The van der Waals surface area contributed by atoms with Crippen molar-refractivity contribution in [3.63, 3.8) is 0 Å². The molecule has 0 unspecified atom stereocenters. The minimum atomic E-state index is 0.538. The highest BCUT2D eigenvalue weighted by Crippen LogP contribution is 2.22. The number of aromatic nitrogens is 5. The fraction of sp³-hybridized carbons (Fsp3) is 0.684. The summed E-state index contributed by atoms with van der Waals surface area (Å²) in [6.45, 7) is 6.23. The lowest BCUT2D eigenvalue weighted by Gasteiger charge is -2.37. The quantitative estimate of drug-likeness (QED) is 0.838. The van der Waals surface area contributed by atoms with E-state index in [1.807, 2.05) is 6.92 Å². The first kappa shape index (κ1) is 17.4. The number of hydrogen-bond acceptors (Lipinski definition) is 6. The molecule has 140 valence electrons. The molecule has 26 heavy (non-hydrogen) atoms. The van der Waals surface area contributed by atoms with Gasteiger partial charge in [0.05, 0.1) is 6.54 Å². The Morgan fingerprint density at radius 1 is 1.08 bits per heavy atom. The van der Waals surface area contributed by atoms with Crippen LogP contribution in [-0.4, -0.2) is 55.8 Å². The summed E-state index contributed by atoms with van der Waals surface area (Å²) in [6.07, 6.45) is 8.86. The number of nitrogens with zero attached hydrogens (tertiary/aromatic N) is 7. The number of likely N-dealkylation sites (tertiary alicyclic amines) is 1. The highest BCUT2D eigenvalue weighted by atomic mass is 15.3. The van der Waals surface area contributed by atoms with E-state index in [4.69, 9.17) is 0 Å². The van der Waals surface area contributed by atoms with Crippen molar-refractivity contribution < 1.29 is 0 Å². The molecular formula is C19H29N7. The van der Waals surface area contributed by atoms with Crippen LogP contribution >= 0.6 is 0 Å². The third-order valence-corrected chi connectivity index (χ3v) is 5.81. The summed E-state index contributed by atoms with van der Waals surface area (Å²) < 4.78 is 2.37. The van der Waals surface area contributed by atoms with Gasteiger partial charge in [-0.25, -0.2) is 9.97 Å². The van der Waals surface area contributed by atoms with E-state index in [1.165, 1.54) is 25.1 Å². The second-order valence-corrected chi connectivity index (χ2v) is 7.63. The summed E-state index contributed by atoms with van der Waals surface area (Å²) in [6, 6.07) is 2.61. The third kappa shape index (κ3) is 3.72. The van der Waals surface area contributed by atoms with Crippen molar-refractivity contribution in [2.75, 3.05) is 25.0 Å². The monoisotopic (exact) mass is 355 g/mol. The number of fused-ring (bicyclic) bond motifs is 1.